The molecule has 2 aromatic rings. The molecule has 0 unspecified atom stereocenters. The van der Waals surface area contributed by atoms with Gasteiger partial charge in [-0.3, -0.25) is 14.5 Å². The molecular weight excluding hydrogens is 579 g/mol. The van der Waals surface area contributed by atoms with Gasteiger partial charge in [0.1, 0.15) is 6.04 Å². The lowest BCUT2D eigenvalue weighted by atomic mass is 9.81. The number of amides is 2. The van der Waals surface area contributed by atoms with E-state index in [9.17, 15) is 31.2 Å². The number of anilines is 1. The quantitative estimate of drug-likeness (QED) is 0.410. The van der Waals surface area contributed by atoms with Crippen molar-refractivity contribution in [3.8, 4) is 0 Å². The molecule has 12 heteroatoms. The van der Waals surface area contributed by atoms with Crippen molar-refractivity contribution < 1.29 is 31.2 Å². The molecule has 0 radical (unpaired) electrons. The number of carbonyl (C=O) groups is 2. The first-order valence-electron chi connectivity index (χ1n) is 13.7. The number of likely N-dealkylation sites (tertiary alicyclic amines) is 1. The van der Waals surface area contributed by atoms with Crippen LogP contribution in [-0.4, -0.2) is 79.7 Å². The average molecular weight is 614 g/mol. The van der Waals surface area contributed by atoms with Crippen LogP contribution in [0.15, 0.2) is 59.5 Å². The molecule has 224 valence electrons. The Kier molecular flexibility index (Phi) is 9.40. The molecular formula is C29H35ClF3N3O4S. The van der Waals surface area contributed by atoms with Crippen LogP contribution in [0.1, 0.15) is 39.5 Å². The van der Waals surface area contributed by atoms with Gasteiger partial charge in [0.15, 0.2) is 9.84 Å². The van der Waals surface area contributed by atoms with E-state index in [1.807, 2.05) is 7.05 Å². The Hall–Kier alpha value is -2.63. The second-order valence-corrected chi connectivity index (χ2v) is 13.6. The van der Waals surface area contributed by atoms with Gasteiger partial charge in [-0.1, -0.05) is 35.9 Å². The summed E-state index contributed by atoms with van der Waals surface area (Å²) < 4.78 is 67.9. The van der Waals surface area contributed by atoms with Crippen LogP contribution >= 0.6 is 11.6 Å². The van der Waals surface area contributed by atoms with Crippen molar-refractivity contribution >= 4 is 38.9 Å². The third-order valence-corrected chi connectivity index (χ3v) is 10.4. The van der Waals surface area contributed by atoms with E-state index < -0.39 is 45.8 Å². The molecule has 1 heterocycles. The lowest BCUT2D eigenvalue weighted by Crippen LogP contribution is -2.55. The highest BCUT2D eigenvalue weighted by Gasteiger charge is 2.51. The Labute approximate surface area is 244 Å². The molecule has 2 amide bonds. The van der Waals surface area contributed by atoms with Gasteiger partial charge in [-0.05, 0) is 82.8 Å². The van der Waals surface area contributed by atoms with E-state index in [4.69, 9.17) is 11.6 Å². The topological polar surface area (TPSA) is 78.0 Å². The number of carbonyl (C=O) groups excluding carboxylic acids is 2. The highest BCUT2D eigenvalue weighted by atomic mass is 35.5. The van der Waals surface area contributed by atoms with E-state index in [2.05, 4.69) is 18.7 Å². The van der Waals surface area contributed by atoms with Gasteiger partial charge < -0.3 is 9.80 Å². The fourth-order valence-corrected chi connectivity index (χ4v) is 7.94. The maximum Gasteiger partial charge on any atom is 0.471 e. The van der Waals surface area contributed by atoms with E-state index in [-0.39, 0.29) is 46.4 Å². The third-order valence-electron chi connectivity index (χ3n) is 8.31. The van der Waals surface area contributed by atoms with Crippen LogP contribution in [0.2, 0.25) is 5.02 Å². The molecule has 2 aliphatic rings. The summed E-state index contributed by atoms with van der Waals surface area (Å²) in [4.78, 5) is 30.8. The van der Waals surface area contributed by atoms with Crippen molar-refractivity contribution in [2.45, 2.75) is 74.8 Å². The number of alkyl halides is 3. The van der Waals surface area contributed by atoms with Crippen molar-refractivity contribution in [1.29, 1.82) is 0 Å². The van der Waals surface area contributed by atoms with Gasteiger partial charge in [0.25, 0.3) is 0 Å². The van der Waals surface area contributed by atoms with Crippen LogP contribution < -0.4 is 4.90 Å². The molecule has 4 atom stereocenters. The van der Waals surface area contributed by atoms with Crippen LogP contribution in [0.4, 0.5) is 18.9 Å². The van der Waals surface area contributed by atoms with Crippen molar-refractivity contribution in [2.24, 2.45) is 5.92 Å². The SMILES string of the molecule is CC(C)N(C)[C@@H]1CC[C@H](N2CC[C@H](N(C(=O)C(F)(F)F)c3cccc(Cl)c3)C2=O)[C@@H](CS(=O)(=O)c2ccccc2)C1. The zero-order valence-corrected chi connectivity index (χ0v) is 24.8. The predicted octanol–water partition coefficient (Wildman–Crippen LogP) is 5.19. The molecule has 0 bridgehead atoms. The maximum absolute atomic E-state index is 13.8. The largest absolute Gasteiger partial charge is 0.471 e. The summed E-state index contributed by atoms with van der Waals surface area (Å²) in [5, 5.41) is 0.128. The summed E-state index contributed by atoms with van der Waals surface area (Å²) in [5.74, 6) is -3.41. The van der Waals surface area contributed by atoms with Crippen molar-refractivity contribution in [2.75, 3.05) is 24.2 Å². The molecule has 41 heavy (non-hydrogen) atoms. The number of hydrogen-bond donors (Lipinski definition) is 0. The number of halogens is 4. The molecule has 1 aliphatic heterocycles. The zero-order valence-electron chi connectivity index (χ0n) is 23.2. The Bertz CT molecular complexity index is 1360. The molecule has 0 aromatic heterocycles. The minimum absolute atomic E-state index is 0.0167. The summed E-state index contributed by atoms with van der Waals surface area (Å²) in [6.07, 6.45) is -3.51. The number of benzene rings is 2. The first kappa shape index (κ1) is 31.3. The fourth-order valence-electron chi connectivity index (χ4n) is 6.07. The van der Waals surface area contributed by atoms with Crippen LogP contribution in [0, 0.1) is 5.92 Å². The molecule has 0 spiro atoms. The molecule has 1 aliphatic carbocycles. The maximum atomic E-state index is 13.8. The smallest absolute Gasteiger partial charge is 0.338 e. The van der Waals surface area contributed by atoms with Crippen LogP contribution in [0.3, 0.4) is 0 Å². The Morgan fingerprint density at radius 3 is 2.37 bits per heavy atom. The predicted molar refractivity (Wildman–Crippen MR) is 151 cm³/mol. The summed E-state index contributed by atoms with van der Waals surface area (Å²) >= 11 is 6.02. The highest BCUT2D eigenvalue weighted by molar-refractivity contribution is 7.91. The van der Waals surface area contributed by atoms with Crippen molar-refractivity contribution in [3.05, 3.63) is 59.6 Å². The molecule has 1 saturated carbocycles. The van der Waals surface area contributed by atoms with E-state index in [1.54, 1.807) is 18.2 Å². The summed E-state index contributed by atoms with van der Waals surface area (Å²) in [6.45, 7) is 4.22. The first-order valence-corrected chi connectivity index (χ1v) is 15.7. The minimum Gasteiger partial charge on any atom is -0.338 e. The summed E-state index contributed by atoms with van der Waals surface area (Å²) in [6, 6.07) is 12.0. The monoisotopic (exact) mass is 613 g/mol. The van der Waals surface area contributed by atoms with Crippen molar-refractivity contribution in [1.82, 2.24) is 9.80 Å². The Balaban J connectivity index is 1.65. The lowest BCUT2D eigenvalue weighted by Gasteiger charge is -2.44. The normalized spacial score (nSPS) is 23.8. The highest BCUT2D eigenvalue weighted by Crippen LogP contribution is 2.38. The van der Waals surface area contributed by atoms with Gasteiger partial charge in [-0.15, -0.1) is 0 Å². The third kappa shape index (κ3) is 6.89. The van der Waals surface area contributed by atoms with E-state index in [1.165, 1.54) is 41.3 Å². The van der Waals surface area contributed by atoms with E-state index >= 15 is 0 Å². The molecule has 2 fully saturated rings. The number of hydrogen-bond acceptors (Lipinski definition) is 5. The van der Waals surface area contributed by atoms with Crippen molar-refractivity contribution in [3.63, 3.8) is 0 Å². The lowest BCUT2D eigenvalue weighted by molar-refractivity contribution is -0.171. The van der Waals surface area contributed by atoms with Crippen LogP contribution in [-0.2, 0) is 19.4 Å². The second kappa shape index (κ2) is 12.3. The Morgan fingerprint density at radius 1 is 1.07 bits per heavy atom. The molecule has 4 rings (SSSR count). The van der Waals surface area contributed by atoms with Gasteiger partial charge in [0.2, 0.25) is 5.91 Å². The molecule has 0 N–H and O–H groups in total. The molecule has 2 aromatic carbocycles. The molecule has 1 saturated heterocycles. The van der Waals surface area contributed by atoms with E-state index in [0.717, 1.165) is 0 Å². The summed E-state index contributed by atoms with van der Waals surface area (Å²) in [7, 11) is -1.72. The number of sulfone groups is 1. The standard InChI is InChI=1S/C29H35ClF3N3O4S/c1-19(2)34(3)22-12-13-25(20(16-22)18-41(39,40)24-10-5-4-6-11-24)35-15-14-26(27(35)37)36(28(38)29(31,32)33)23-9-7-8-21(30)17-23/h4-11,17,19-20,22,25-26H,12-16,18H2,1-3H3/t20-,22-,25+,26+/m1/s1. The average Bonchev–Trinajstić information content (AvgIpc) is 3.28. The molecule has 7 nitrogen and oxygen atoms in total. The Morgan fingerprint density at radius 2 is 1.76 bits per heavy atom. The van der Waals surface area contributed by atoms with Crippen LogP contribution in [0.5, 0.6) is 0 Å². The van der Waals surface area contributed by atoms with E-state index in [0.29, 0.717) is 24.2 Å². The fraction of sp³-hybridized carbons (Fsp3) is 0.517. The van der Waals surface area contributed by atoms with Gasteiger partial charge in [0, 0.05) is 35.4 Å². The van der Waals surface area contributed by atoms with Gasteiger partial charge >= 0.3 is 12.1 Å². The van der Waals surface area contributed by atoms with Gasteiger partial charge in [-0.2, -0.15) is 13.2 Å². The zero-order chi connectivity index (χ0) is 30.1. The number of rotatable bonds is 8. The second-order valence-electron chi connectivity index (χ2n) is 11.1. The van der Waals surface area contributed by atoms with Gasteiger partial charge in [0.05, 0.1) is 10.6 Å². The number of nitrogens with zero attached hydrogens (tertiary/aromatic N) is 3. The summed E-state index contributed by atoms with van der Waals surface area (Å²) in [5.41, 5.74) is -0.120. The minimum atomic E-state index is -5.21. The van der Waals surface area contributed by atoms with Crippen LogP contribution in [0.25, 0.3) is 0 Å². The van der Waals surface area contributed by atoms with Gasteiger partial charge in [-0.25, -0.2) is 8.42 Å². The first-order chi connectivity index (χ1) is 19.2.